The van der Waals surface area contributed by atoms with Gasteiger partial charge in [0.1, 0.15) is 13.2 Å². The zero-order chi connectivity index (χ0) is 59.9. The van der Waals surface area contributed by atoms with Crippen molar-refractivity contribution in [2.24, 2.45) is 0 Å². The van der Waals surface area contributed by atoms with Crippen molar-refractivity contribution in [2.75, 3.05) is 13.2 Å². The van der Waals surface area contributed by atoms with E-state index in [1.54, 1.807) is 0 Å². The Balaban J connectivity index is 4.20. The van der Waals surface area contributed by atoms with Gasteiger partial charge in [-0.1, -0.05) is 295 Å². The van der Waals surface area contributed by atoms with Gasteiger partial charge in [-0.25, -0.2) is 0 Å². The first kappa shape index (κ1) is 78.3. The van der Waals surface area contributed by atoms with Crippen LogP contribution in [0, 0.1) is 0 Å². The summed E-state index contributed by atoms with van der Waals surface area (Å²) in [6.45, 7) is 6.28. The summed E-state index contributed by atoms with van der Waals surface area (Å²) in [5.41, 5.74) is 0. The van der Waals surface area contributed by atoms with Crippen molar-refractivity contribution < 1.29 is 28.6 Å². The molecule has 0 aliphatic rings. The molecule has 0 spiro atoms. The van der Waals surface area contributed by atoms with Gasteiger partial charge in [0.2, 0.25) is 0 Å². The molecule has 0 heterocycles. The van der Waals surface area contributed by atoms with Crippen molar-refractivity contribution in [3.05, 3.63) is 146 Å². The van der Waals surface area contributed by atoms with Crippen molar-refractivity contribution in [1.29, 1.82) is 0 Å². The van der Waals surface area contributed by atoms with E-state index in [0.29, 0.717) is 19.3 Å². The highest BCUT2D eigenvalue weighted by Crippen LogP contribution is 2.16. The second-order valence-electron chi connectivity index (χ2n) is 22.3. The summed E-state index contributed by atoms with van der Waals surface area (Å²) in [7, 11) is 0. The molecule has 0 radical (unpaired) electrons. The van der Waals surface area contributed by atoms with Crippen LogP contribution < -0.4 is 0 Å². The number of hydrogen-bond acceptors (Lipinski definition) is 6. The molecule has 83 heavy (non-hydrogen) atoms. The standard InChI is InChI=1S/C77H126O6/c1-4-7-10-13-16-19-22-25-27-29-30-31-32-33-34-35-36-37-38-39-40-41-42-43-44-45-46-48-49-52-55-58-61-64-67-70-76(79)82-73-74(72-81-75(78)69-66-63-60-57-54-51-24-21-18-15-12-9-6-3)83-77(80)71-68-65-62-59-56-53-50-47-28-26-23-20-17-14-11-8-5-2/h7-12,16-21,25-28,30-31,33-34,36-37,51,54,74H,4-6,13-15,22-24,29,32,35,38-50,52-53,55-73H2,1-3H3/b10-7-,11-8-,12-9-,19-16-,20-17-,21-18-,27-25-,28-26-,31-30-,34-33-,37-36-,54-51-. The van der Waals surface area contributed by atoms with Gasteiger partial charge in [0.05, 0.1) is 0 Å². The van der Waals surface area contributed by atoms with Gasteiger partial charge in [0.25, 0.3) is 0 Å². The van der Waals surface area contributed by atoms with Gasteiger partial charge < -0.3 is 14.2 Å². The van der Waals surface area contributed by atoms with Crippen LogP contribution in [0.1, 0.15) is 303 Å². The molecule has 1 atom stereocenters. The summed E-state index contributed by atoms with van der Waals surface area (Å²) in [5, 5.41) is 0. The average Bonchev–Trinajstić information content (AvgIpc) is 3.49. The Morgan fingerprint density at radius 2 is 0.434 bits per heavy atom. The van der Waals surface area contributed by atoms with E-state index in [0.717, 1.165) is 148 Å². The van der Waals surface area contributed by atoms with E-state index in [2.05, 4.69) is 167 Å². The predicted octanol–water partition coefficient (Wildman–Crippen LogP) is 23.9. The van der Waals surface area contributed by atoms with E-state index >= 15 is 0 Å². The van der Waals surface area contributed by atoms with E-state index in [9.17, 15) is 14.4 Å². The largest absolute Gasteiger partial charge is 0.462 e. The Morgan fingerprint density at radius 1 is 0.241 bits per heavy atom. The molecule has 0 fully saturated rings. The zero-order valence-electron chi connectivity index (χ0n) is 53.9. The minimum absolute atomic E-state index is 0.0936. The number of unbranched alkanes of at least 4 members (excludes halogenated alkanes) is 26. The Morgan fingerprint density at radius 3 is 0.687 bits per heavy atom. The van der Waals surface area contributed by atoms with Crippen molar-refractivity contribution in [3.8, 4) is 0 Å². The fourth-order valence-electron chi connectivity index (χ4n) is 9.30. The van der Waals surface area contributed by atoms with Crippen LogP contribution in [-0.2, 0) is 28.6 Å². The zero-order valence-corrected chi connectivity index (χ0v) is 53.9. The molecule has 0 amide bonds. The number of carbonyl (C=O) groups is 3. The smallest absolute Gasteiger partial charge is 0.306 e. The topological polar surface area (TPSA) is 78.9 Å². The monoisotopic (exact) mass is 1150 g/mol. The fraction of sp³-hybridized carbons (Fsp3) is 0.649. The molecule has 0 saturated heterocycles. The molecule has 6 heteroatoms. The molecule has 0 aromatic rings. The third-order valence-corrected chi connectivity index (χ3v) is 14.3. The van der Waals surface area contributed by atoms with Gasteiger partial charge in [0, 0.05) is 19.3 Å². The van der Waals surface area contributed by atoms with Crippen LogP contribution in [0.5, 0.6) is 0 Å². The van der Waals surface area contributed by atoms with Gasteiger partial charge in [0.15, 0.2) is 6.10 Å². The number of esters is 3. The lowest BCUT2D eigenvalue weighted by Gasteiger charge is -2.18. The highest BCUT2D eigenvalue weighted by molar-refractivity contribution is 5.71. The van der Waals surface area contributed by atoms with E-state index in [1.165, 1.54) is 116 Å². The van der Waals surface area contributed by atoms with Gasteiger partial charge in [-0.3, -0.25) is 14.4 Å². The van der Waals surface area contributed by atoms with Crippen LogP contribution in [0.25, 0.3) is 0 Å². The van der Waals surface area contributed by atoms with Gasteiger partial charge in [-0.05, 0) is 135 Å². The highest BCUT2D eigenvalue weighted by atomic mass is 16.6. The van der Waals surface area contributed by atoms with Crippen molar-refractivity contribution in [1.82, 2.24) is 0 Å². The molecule has 0 aliphatic carbocycles. The Kier molecular flexibility index (Phi) is 65.8. The summed E-state index contributed by atoms with van der Waals surface area (Å²) in [5.74, 6) is -0.930. The minimum Gasteiger partial charge on any atom is -0.462 e. The predicted molar refractivity (Wildman–Crippen MR) is 362 cm³/mol. The first-order valence-electron chi connectivity index (χ1n) is 34.3. The molecule has 0 aromatic carbocycles. The van der Waals surface area contributed by atoms with Gasteiger partial charge in [-0.15, -0.1) is 0 Å². The minimum atomic E-state index is -0.800. The first-order valence-corrected chi connectivity index (χ1v) is 34.3. The molecule has 0 bridgehead atoms. The van der Waals surface area contributed by atoms with Crippen LogP contribution in [0.2, 0.25) is 0 Å². The summed E-state index contributed by atoms with van der Waals surface area (Å²) in [6.07, 6.45) is 100. The fourth-order valence-corrected chi connectivity index (χ4v) is 9.30. The van der Waals surface area contributed by atoms with Crippen molar-refractivity contribution in [3.63, 3.8) is 0 Å². The summed E-state index contributed by atoms with van der Waals surface area (Å²) < 4.78 is 16.9. The Bertz CT molecular complexity index is 1800. The number of allylic oxidation sites excluding steroid dienone is 24. The summed E-state index contributed by atoms with van der Waals surface area (Å²) in [4.78, 5) is 38.3. The van der Waals surface area contributed by atoms with Crippen LogP contribution >= 0.6 is 0 Å². The second kappa shape index (κ2) is 69.8. The van der Waals surface area contributed by atoms with E-state index in [-0.39, 0.29) is 31.1 Å². The van der Waals surface area contributed by atoms with Crippen LogP contribution in [0.3, 0.4) is 0 Å². The summed E-state index contributed by atoms with van der Waals surface area (Å²) in [6, 6.07) is 0. The molecular weight excluding hydrogens is 1020 g/mol. The Labute approximate surface area is 512 Å². The SMILES string of the molecule is CC/C=C\C/C=C\C/C=C\C/C=C\C/C=C\C/C=C\CCCCCCCCCCCCCCCCCCC(=O)OCC(COC(=O)CCCCC/C=C\C/C=C\C/C=C\CC)OC(=O)CCCCCCCCC/C=C\C/C=C\C/C=C\CC. The molecule has 470 valence electrons. The number of hydrogen-bond donors (Lipinski definition) is 0. The van der Waals surface area contributed by atoms with Crippen LogP contribution in [-0.4, -0.2) is 37.2 Å². The lowest BCUT2D eigenvalue weighted by molar-refractivity contribution is -0.167. The normalized spacial score (nSPS) is 13.0. The molecule has 0 aromatic heterocycles. The maximum Gasteiger partial charge on any atom is 0.306 e. The first-order chi connectivity index (χ1) is 41.0. The third-order valence-electron chi connectivity index (χ3n) is 14.3. The molecule has 6 nitrogen and oxygen atoms in total. The van der Waals surface area contributed by atoms with Crippen LogP contribution in [0.4, 0.5) is 0 Å². The number of ether oxygens (including phenoxy) is 3. The molecule has 0 N–H and O–H groups in total. The van der Waals surface area contributed by atoms with Crippen molar-refractivity contribution in [2.45, 2.75) is 309 Å². The maximum absolute atomic E-state index is 12.9. The maximum atomic E-state index is 12.9. The highest BCUT2D eigenvalue weighted by Gasteiger charge is 2.19. The quantitative estimate of drug-likeness (QED) is 0.0261. The molecule has 0 saturated carbocycles. The number of carbonyl (C=O) groups excluding carboxylic acids is 3. The van der Waals surface area contributed by atoms with E-state index in [4.69, 9.17) is 14.2 Å². The van der Waals surface area contributed by atoms with Crippen molar-refractivity contribution >= 4 is 17.9 Å². The second-order valence-corrected chi connectivity index (χ2v) is 22.3. The lowest BCUT2D eigenvalue weighted by atomic mass is 10.0. The number of rotatable bonds is 61. The van der Waals surface area contributed by atoms with E-state index < -0.39 is 6.10 Å². The molecule has 0 rings (SSSR count). The summed E-state index contributed by atoms with van der Waals surface area (Å²) >= 11 is 0. The van der Waals surface area contributed by atoms with Gasteiger partial charge >= 0.3 is 17.9 Å². The van der Waals surface area contributed by atoms with Gasteiger partial charge in [-0.2, -0.15) is 0 Å². The molecule has 1 unspecified atom stereocenters. The molecular formula is C77H126O6. The molecule has 0 aliphatic heterocycles. The van der Waals surface area contributed by atoms with E-state index in [1.807, 2.05) is 0 Å². The average molecular weight is 1150 g/mol. The van der Waals surface area contributed by atoms with Crippen LogP contribution in [0.15, 0.2) is 146 Å². The Hall–Kier alpha value is -4.71. The lowest BCUT2D eigenvalue weighted by Crippen LogP contribution is -2.30. The third kappa shape index (κ3) is 68.0.